The third-order valence-corrected chi connectivity index (χ3v) is 4.05. The van der Waals surface area contributed by atoms with E-state index in [0.717, 1.165) is 13.0 Å². The Bertz CT molecular complexity index is 594. The molecule has 1 heterocycles. The van der Waals surface area contributed by atoms with Crippen molar-refractivity contribution in [3.63, 3.8) is 0 Å². The number of nitrogens with zero attached hydrogens (tertiary/aromatic N) is 2. The lowest BCUT2D eigenvalue weighted by molar-refractivity contribution is -0.162. The maximum absolute atomic E-state index is 14.2. The van der Waals surface area contributed by atoms with E-state index in [1.807, 2.05) is 19.0 Å². The lowest BCUT2D eigenvalue weighted by Gasteiger charge is -2.38. The molecule has 1 fully saturated rings. The first-order valence-electron chi connectivity index (χ1n) is 7.96. The predicted octanol–water partition coefficient (Wildman–Crippen LogP) is 0.792. The highest BCUT2D eigenvalue weighted by molar-refractivity contribution is 5.86. The summed E-state index contributed by atoms with van der Waals surface area (Å²) in [6.45, 7) is 1.16. The summed E-state index contributed by atoms with van der Waals surface area (Å²) in [7, 11) is 5.48. The molecule has 1 N–H and O–H groups in total. The zero-order chi connectivity index (χ0) is 17.7. The van der Waals surface area contributed by atoms with E-state index in [1.165, 1.54) is 11.0 Å². The van der Waals surface area contributed by atoms with Gasteiger partial charge in [0.1, 0.15) is 12.4 Å². The van der Waals surface area contributed by atoms with Crippen LogP contribution in [0, 0.1) is 5.82 Å². The Labute approximate surface area is 141 Å². The van der Waals surface area contributed by atoms with Gasteiger partial charge in [-0.25, -0.2) is 4.39 Å². The van der Waals surface area contributed by atoms with Crippen LogP contribution in [0.3, 0.4) is 0 Å². The number of halogens is 1. The lowest BCUT2D eigenvalue weighted by atomic mass is 9.97. The summed E-state index contributed by atoms with van der Waals surface area (Å²) in [5, 5.41) is 2.81. The molecule has 1 aromatic carbocycles. The smallest absolute Gasteiger partial charge is 0.251 e. The minimum Gasteiger partial charge on any atom is -0.356 e. The summed E-state index contributed by atoms with van der Waals surface area (Å²) in [4.78, 5) is 27.8. The van der Waals surface area contributed by atoms with E-state index in [4.69, 9.17) is 4.74 Å². The second kappa shape index (κ2) is 8.21. The van der Waals surface area contributed by atoms with Crippen LogP contribution in [0.2, 0.25) is 0 Å². The zero-order valence-corrected chi connectivity index (χ0v) is 14.3. The topological polar surface area (TPSA) is 61.9 Å². The van der Waals surface area contributed by atoms with Crippen molar-refractivity contribution >= 4 is 11.8 Å². The fourth-order valence-corrected chi connectivity index (χ4v) is 2.73. The van der Waals surface area contributed by atoms with Gasteiger partial charge in [0.2, 0.25) is 5.91 Å². The molecule has 132 valence electrons. The summed E-state index contributed by atoms with van der Waals surface area (Å²) in [5.74, 6) is -1.07. The van der Waals surface area contributed by atoms with Crippen LogP contribution < -0.4 is 5.32 Å². The molecule has 0 radical (unpaired) electrons. The van der Waals surface area contributed by atoms with Gasteiger partial charge >= 0.3 is 0 Å². The second-order valence-corrected chi connectivity index (χ2v) is 6.15. The molecule has 1 saturated heterocycles. The molecular formula is C17H24FN3O3. The Morgan fingerprint density at radius 3 is 2.79 bits per heavy atom. The van der Waals surface area contributed by atoms with Gasteiger partial charge in [0.15, 0.2) is 6.10 Å². The molecule has 2 amide bonds. The van der Waals surface area contributed by atoms with Crippen molar-refractivity contribution in [2.24, 2.45) is 0 Å². The number of benzene rings is 1. The number of morpholine rings is 1. The molecule has 1 aliphatic heterocycles. The molecular weight excluding hydrogens is 313 g/mol. The second-order valence-electron chi connectivity index (χ2n) is 6.15. The largest absolute Gasteiger partial charge is 0.356 e. The Hall–Kier alpha value is -1.99. The highest BCUT2D eigenvalue weighted by Gasteiger charge is 2.41. The SMILES string of the molecule is CN(C)CCCNC(=O)C1OCC(=O)N(C)C1c1ccccc1F. The van der Waals surface area contributed by atoms with E-state index >= 15 is 0 Å². The van der Waals surface area contributed by atoms with Gasteiger partial charge in [-0.15, -0.1) is 0 Å². The Morgan fingerprint density at radius 2 is 2.12 bits per heavy atom. The number of ether oxygens (including phenoxy) is 1. The fourth-order valence-electron chi connectivity index (χ4n) is 2.73. The number of carbonyl (C=O) groups excluding carboxylic acids is 2. The average Bonchev–Trinajstić information content (AvgIpc) is 2.54. The molecule has 24 heavy (non-hydrogen) atoms. The van der Waals surface area contributed by atoms with Gasteiger partial charge in [0.25, 0.3) is 5.91 Å². The molecule has 0 saturated carbocycles. The van der Waals surface area contributed by atoms with Gasteiger partial charge in [-0.3, -0.25) is 9.59 Å². The van der Waals surface area contributed by atoms with Crippen molar-refractivity contribution in [2.75, 3.05) is 40.8 Å². The normalized spacial score (nSPS) is 21.2. The maximum atomic E-state index is 14.2. The van der Waals surface area contributed by atoms with Crippen molar-refractivity contribution in [1.82, 2.24) is 15.1 Å². The van der Waals surface area contributed by atoms with E-state index < -0.39 is 18.0 Å². The van der Waals surface area contributed by atoms with Gasteiger partial charge in [-0.2, -0.15) is 0 Å². The number of hydrogen-bond donors (Lipinski definition) is 1. The van der Waals surface area contributed by atoms with Crippen molar-refractivity contribution < 1.29 is 18.7 Å². The summed E-state index contributed by atoms with van der Waals surface area (Å²) >= 11 is 0. The molecule has 2 rings (SSSR count). The number of hydrogen-bond acceptors (Lipinski definition) is 4. The number of likely N-dealkylation sites (N-methyl/N-ethyl adjacent to an activating group) is 1. The molecule has 2 unspecified atom stereocenters. The van der Waals surface area contributed by atoms with E-state index in [-0.39, 0.29) is 24.0 Å². The van der Waals surface area contributed by atoms with Gasteiger partial charge in [0.05, 0.1) is 6.04 Å². The first-order chi connectivity index (χ1) is 11.4. The number of amides is 2. The van der Waals surface area contributed by atoms with Gasteiger partial charge in [0, 0.05) is 19.2 Å². The molecule has 7 heteroatoms. The highest BCUT2D eigenvalue weighted by atomic mass is 19.1. The van der Waals surface area contributed by atoms with Crippen LogP contribution in [0.5, 0.6) is 0 Å². The number of rotatable bonds is 6. The first kappa shape index (κ1) is 18.4. The van der Waals surface area contributed by atoms with Crippen molar-refractivity contribution in [2.45, 2.75) is 18.6 Å². The molecule has 6 nitrogen and oxygen atoms in total. The summed E-state index contributed by atoms with van der Waals surface area (Å²) in [6, 6.07) is 5.36. The third-order valence-electron chi connectivity index (χ3n) is 4.05. The Balaban J connectivity index is 2.12. The van der Waals surface area contributed by atoms with Crippen molar-refractivity contribution in [3.05, 3.63) is 35.6 Å². The Kier molecular flexibility index (Phi) is 6.28. The molecule has 1 aromatic rings. The van der Waals surface area contributed by atoms with Crippen LogP contribution in [0.4, 0.5) is 4.39 Å². The minimum absolute atomic E-state index is 0.183. The van der Waals surface area contributed by atoms with Gasteiger partial charge in [-0.1, -0.05) is 18.2 Å². The van der Waals surface area contributed by atoms with Crippen LogP contribution in [-0.2, 0) is 14.3 Å². The van der Waals surface area contributed by atoms with Crippen molar-refractivity contribution in [3.8, 4) is 0 Å². The van der Waals surface area contributed by atoms with Gasteiger partial charge < -0.3 is 19.9 Å². The maximum Gasteiger partial charge on any atom is 0.251 e. The van der Waals surface area contributed by atoms with E-state index in [9.17, 15) is 14.0 Å². The molecule has 0 spiro atoms. The van der Waals surface area contributed by atoms with Crippen LogP contribution in [0.25, 0.3) is 0 Å². The summed E-state index contributed by atoms with van der Waals surface area (Å²) in [5.41, 5.74) is 0.279. The Morgan fingerprint density at radius 1 is 1.42 bits per heavy atom. The molecule has 1 aliphatic rings. The zero-order valence-electron chi connectivity index (χ0n) is 14.3. The average molecular weight is 337 g/mol. The van der Waals surface area contributed by atoms with E-state index in [0.29, 0.717) is 6.54 Å². The first-order valence-corrected chi connectivity index (χ1v) is 7.96. The van der Waals surface area contributed by atoms with Gasteiger partial charge in [-0.05, 0) is 33.1 Å². The lowest BCUT2D eigenvalue weighted by Crippen LogP contribution is -2.53. The highest BCUT2D eigenvalue weighted by Crippen LogP contribution is 2.30. The van der Waals surface area contributed by atoms with Crippen LogP contribution in [-0.4, -0.2) is 68.6 Å². The fraction of sp³-hybridized carbons (Fsp3) is 0.529. The summed E-state index contributed by atoms with van der Waals surface area (Å²) in [6.07, 6.45) is -0.131. The van der Waals surface area contributed by atoms with E-state index in [2.05, 4.69) is 5.32 Å². The minimum atomic E-state index is -0.927. The summed E-state index contributed by atoms with van der Waals surface area (Å²) < 4.78 is 19.6. The monoisotopic (exact) mass is 337 g/mol. The van der Waals surface area contributed by atoms with Crippen LogP contribution in [0.15, 0.2) is 24.3 Å². The molecule has 2 atom stereocenters. The molecule has 0 aliphatic carbocycles. The predicted molar refractivity (Wildman–Crippen MR) is 87.8 cm³/mol. The molecule has 0 bridgehead atoms. The standard InChI is InChI=1S/C17H24FN3O3/c1-20(2)10-6-9-19-17(23)16-15(21(3)14(22)11-24-16)12-7-4-5-8-13(12)18/h4-5,7-8,15-16H,6,9-11H2,1-3H3,(H,19,23). The third kappa shape index (κ3) is 4.30. The van der Waals surface area contributed by atoms with Crippen LogP contribution in [0.1, 0.15) is 18.0 Å². The quantitative estimate of drug-likeness (QED) is 0.780. The van der Waals surface area contributed by atoms with Crippen LogP contribution >= 0.6 is 0 Å². The van der Waals surface area contributed by atoms with Crippen molar-refractivity contribution in [1.29, 1.82) is 0 Å². The molecule has 0 aromatic heterocycles. The van der Waals surface area contributed by atoms with E-state index in [1.54, 1.807) is 25.2 Å². The number of nitrogens with one attached hydrogen (secondary N) is 1. The number of carbonyl (C=O) groups is 2.